The Hall–Kier alpha value is -0.920. The van der Waals surface area contributed by atoms with Gasteiger partial charge in [-0.3, -0.25) is 0 Å². The molecule has 0 bridgehead atoms. The highest BCUT2D eigenvalue weighted by Gasteiger charge is 2.10. The number of hydrogen-bond acceptors (Lipinski definition) is 4. The van der Waals surface area contributed by atoms with Gasteiger partial charge in [-0.25, -0.2) is 9.18 Å². The van der Waals surface area contributed by atoms with Gasteiger partial charge >= 0.3 is 5.97 Å². The molecule has 0 saturated carbocycles. The fraction of sp³-hybridized carbons (Fsp3) is 0.154. The number of benzene rings is 1. The molecule has 0 fully saturated rings. The van der Waals surface area contributed by atoms with E-state index in [2.05, 4.69) is 41.9 Å². The molecule has 106 valence electrons. The van der Waals surface area contributed by atoms with Crippen molar-refractivity contribution in [3.63, 3.8) is 0 Å². The zero-order chi connectivity index (χ0) is 14.7. The molecule has 0 atom stereocenters. The number of anilines is 1. The Balaban J connectivity index is 2.14. The van der Waals surface area contributed by atoms with Crippen LogP contribution in [0.5, 0.6) is 0 Å². The molecule has 7 heteroatoms. The first-order valence-electron chi connectivity index (χ1n) is 5.56. The maximum Gasteiger partial charge on any atom is 0.337 e. The van der Waals surface area contributed by atoms with Crippen LogP contribution >= 0.6 is 43.2 Å². The van der Waals surface area contributed by atoms with Gasteiger partial charge in [0.2, 0.25) is 0 Å². The van der Waals surface area contributed by atoms with E-state index in [4.69, 9.17) is 0 Å². The van der Waals surface area contributed by atoms with Gasteiger partial charge in [-0.1, -0.05) is 0 Å². The molecule has 2 aromatic rings. The summed E-state index contributed by atoms with van der Waals surface area (Å²) in [5, 5.41) is 2.98. The van der Waals surface area contributed by atoms with Gasteiger partial charge in [0.05, 0.1) is 22.1 Å². The van der Waals surface area contributed by atoms with Crippen molar-refractivity contribution in [2.75, 3.05) is 12.4 Å². The number of thiophene rings is 1. The molecule has 0 aliphatic rings. The fourth-order valence-corrected chi connectivity index (χ4v) is 3.68. The van der Waals surface area contributed by atoms with E-state index in [1.807, 2.05) is 6.07 Å². The summed E-state index contributed by atoms with van der Waals surface area (Å²) in [6.07, 6.45) is 0. The number of halogens is 3. The Kier molecular flexibility index (Phi) is 5.17. The minimum atomic E-state index is -0.491. The van der Waals surface area contributed by atoms with Crippen LogP contribution in [0.2, 0.25) is 0 Å². The summed E-state index contributed by atoms with van der Waals surface area (Å²) < 4.78 is 20.3. The van der Waals surface area contributed by atoms with Crippen molar-refractivity contribution in [3.8, 4) is 0 Å². The van der Waals surface area contributed by atoms with Crippen LogP contribution in [-0.2, 0) is 11.3 Å². The van der Waals surface area contributed by atoms with Gasteiger partial charge in [0, 0.05) is 15.9 Å². The molecule has 0 aliphatic heterocycles. The largest absolute Gasteiger partial charge is 0.465 e. The minimum absolute atomic E-state index is 0.272. The summed E-state index contributed by atoms with van der Waals surface area (Å²) in [7, 11) is 1.29. The van der Waals surface area contributed by atoms with Crippen molar-refractivity contribution in [2.45, 2.75) is 6.54 Å². The molecule has 0 amide bonds. The van der Waals surface area contributed by atoms with Gasteiger partial charge in [0.25, 0.3) is 0 Å². The first kappa shape index (κ1) is 15.5. The molecule has 20 heavy (non-hydrogen) atoms. The monoisotopic (exact) mass is 421 g/mol. The second-order valence-corrected chi connectivity index (χ2v) is 7.18. The normalized spacial score (nSPS) is 10.4. The summed E-state index contributed by atoms with van der Waals surface area (Å²) in [4.78, 5) is 12.5. The third kappa shape index (κ3) is 3.59. The van der Waals surface area contributed by atoms with Gasteiger partial charge < -0.3 is 10.1 Å². The van der Waals surface area contributed by atoms with Crippen LogP contribution < -0.4 is 5.32 Å². The van der Waals surface area contributed by atoms with Crippen LogP contribution in [0.4, 0.5) is 10.1 Å². The fourth-order valence-electron chi connectivity index (χ4n) is 1.57. The number of nitrogens with one attached hydrogen (secondary N) is 1. The lowest BCUT2D eigenvalue weighted by Crippen LogP contribution is -2.05. The zero-order valence-corrected chi connectivity index (χ0v) is 14.4. The zero-order valence-electron chi connectivity index (χ0n) is 10.4. The smallest absolute Gasteiger partial charge is 0.337 e. The SMILES string of the molecule is COC(=O)c1ccc(F)c(NCc2cc(Br)c(Br)s2)c1. The molecule has 1 aromatic heterocycles. The Labute approximate surface area is 136 Å². The summed E-state index contributed by atoms with van der Waals surface area (Å²) in [6, 6.07) is 6.03. The van der Waals surface area contributed by atoms with Crippen LogP contribution in [0, 0.1) is 5.82 Å². The lowest BCUT2D eigenvalue weighted by Gasteiger charge is -2.08. The first-order chi connectivity index (χ1) is 9.51. The molecule has 3 nitrogen and oxygen atoms in total. The minimum Gasteiger partial charge on any atom is -0.465 e. The maximum atomic E-state index is 13.7. The van der Waals surface area contributed by atoms with Gasteiger partial charge in [-0.2, -0.15) is 0 Å². The number of rotatable bonds is 4. The number of carbonyl (C=O) groups is 1. The molecule has 1 aromatic carbocycles. The standard InChI is InChI=1S/C13H10Br2FNO2S/c1-19-13(18)7-2-3-10(16)11(4-7)17-6-8-5-9(14)12(15)20-8/h2-5,17H,6H2,1H3. The second kappa shape index (κ2) is 6.69. The molecule has 0 saturated heterocycles. The molecule has 0 unspecified atom stereocenters. The number of methoxy groups -OCH3 is 1. The lowest BCUT2D eigenvalue weighted by molar-refractivity contribution is 0.0600. The van der Waals surface area contributed by atoms with Crippen molar-refractivity contribution in [2.24, 2.45) is 0 Å². The van der Waals surface area contributed by atoms with Gasteiger partial charge in [-0.15, -0.1) is 11.3 Å². The number of carbonyl (C=O) groups excluding carboxylic acids is 1. The third-order valence-electron chi connectivity index (χ3n) is 2.54. The van der Waals surface area contributed by atoms with Crippen LogP contribution in [-0.4, -0.2) is 13.1 Å². The van der Waals surface area contributed by atoms with Crippen molar-refractivity contribution in [1.29, 1.82) is 0 Å². The highest BCUT2D eigenvalue weighted by Crippen LogP contribution is 2.32. The van der Waals surface area contributed by atoms with E-state index in [0.717, 1.165) is 13.1 Å². The molecular weight excluding hydrogens is 413 g/mol. The number of hydrogen-bond donors (Lipinski definition) is 1. The molecule has 1 N–H and O–H groups in total. The summed E-state index contributed by atoms with van der Waals surface area (Å²) in [5.74, 6) is -0.901. The predicted molar refractivity (Wildman–Crippen MR) is 84.8 cm³/mol. The van der Waals surface area contributed by atoms with Crippen molar-refractivity contribution < 1.29 is 13.9 Å². The summed E-state index contributed by atoms with van der Waals surface area (Å²) in [6.45, 7) is 0.469. The third-order valence-corrected chi connectivity index (χ3v) is 5.79. The Morgan fingerprint density at radius 3 is 2.75 bits per heavy atom. The molecular formula is C13H10Br2FNO2S. The highest BCUT2D eigenvalue weighted by molar-refractivity contribution is 9.13. The van der Waals surface area contributed by atoms with Crippen molar-refractivity contribution in [3.05, 3.63) is 48.8 Å². The highest BCUT2D eigenvalue weighted by atomic mass is 79.9. The van der Waals surface area contributed by atoms with Crippen molar-refractivity contribution >= 4 is 54.9 Å². The predicted octanol–water partition coefficient (Wildman–Crippen LogP) is 4.81. The Morgan fingerprint density at radius 1 is 1.40 bits per heavy atom. The molecule has 2 rings (SSSR count). The summed E-state index contributed by atoms with van der Waals surface area (Å²) in [5.41, 5.74) is 0.582. The molecule has 0 radical (unpaired) electrons. The van der Waals surface area contributed by atoms with Crippen LogP contribution in [0.15, 0.2) is 32.5 Å². The molecule has 1 heterocycles. The average molecular weight is 423 g/mol. The van der Waals surface area contributed by atoms with E-state index in [1.165, 1.54) is 25.3 Å². The van der Waals surface area contributed by atoms with Crippen LogP contribution in [0.25, 0.3) is 0 Å². The number of ether oxygens (including phenoxy) is 1. The van der Waals surface area contributed by atoms with Crippen LogP contribution in [0.3, 0.4) is 0 Å². The van der Waals surface area contributed by atoms with E-state index >= 15 is 0 Å². The molecule has 0 spiro atoms. The topological polar surface area (TPSA) is 38.3 Å². The van der Waals surface area contributed by atoms with E-state index in [1.54, 1.807) is 11.3 Å². The Bertz CT molecular complexity index is 626. The Morgan fingerprint density at radius 2 is 2.15 bits per heavy atom. The van der Waals surface area contributed by atoms with E-state index in [0.29, 0.717) is 12.1 Å². The summed E-state index contributed by atoms with van der Waals surface area (Å²) >= 11 is 8.35. The van der Waals surface area contributed by atoms with E-state index < -0.39 is 11.8 Å². The van der Waals surface area contributed by atoms with E-state index in [-0.39, 0.29) is 5.69 Å². The average Bonchev–Trinajstić information content (AvgIpc) is 2.76. The second-order valence-electron chi connectivity index (χ2n) is 3.87. The quantitative estimate of drug-likeness (QED) is 0.718. The molecule has 0 aliphatic carbocycles. The van der Waals surface area contributed by atoms with Gasteiger partial charge in [-0.05, 0) is 56.1 Å². The van der Waals surface area contributed by atoms with E-state index in [9.17, 15) is 9.18 Å². The van der Waals surface area contributed by atoms with Gasteiger partial charge in [0.1, 0.15) is 5.82 Å². The lowest BCUT2D eigenvalue weighted by atomic mass is 10.2. The van der Waals surface area contributed by atoms with Crippen molar-refractivity contribution in [1.82, 2.24) is 0 Å². The van der Waals surface area contributed by atoms with Gasteiger partial charge in [0.15, 0.2) is 0 Å². The maximum absolute atomic E-state index is 13.7. The van der Waals surface area contributed by atoms with Crippen LogP contribution in [0.1, 0.15) is 15.2 Å². The number of esters is 1. The first-order valence-corrected chi connectivity index (χ1v) is 7.97.